The number of hydrogen-bond acceptors (Lipinski definition) is 2. The molecule has 0 aliphatic heterocycles. The van der Waals surface area contributed by atoms with Crippen molar-refractivity contribution >= 4 is 23.4 Å². The minimum Gasteiger partial charge on any atom is -0.351 e. The highest BCUT2D eigenvalue weighted by molar-refractivity contribution is 6.33. The molecule has 0 saturated carbocycles. The average Bonchev–Trinajstić information content (AvgIpc) is 2.62. The number of carbonyl (C=O) groups is 2. The molecular weight excluding hydrogens is 355 g/mol. The molecule has 2 aromatic rings. The van der Waals surface area contributed by atoms with Gasteiger partial charge < -0.3 is 10.6 Å². The Bertz CT molecular complexity index is 753. The van der Waals surface area contributed by atoms with Gasteiger partial charge in [0, 0.05) is 13.0 Å². The summed E-state index contributed by atoms with van der Waals surface area (Å²) in [6.45, 7) is 2.24. The molecule has 2 aromatic carbocycles. The second kappa shape index (κ2) is 9.92. The van der Waals surface area contributed by atoms with Gasteiger partial charge in [-0.25, -0.2) is 4.39 Å². The van der Waals surface area contributed by atoms with Gasteiger partial charge in [0.25, 0.3) is 5.91 Å². The molecule has 1 atom stereocenters. The van der Waals surface area contributed by atoms with E-state index in [1.807, 2.05) is 30.3 Å². The van der Waals surface area contributed by atoms with Crippen LogP contribution in [0.15, 0.2) is 48.5 Å². The van der Waals surface area contributed by atoms with Gasteiger partial charge in [-0.05, 0) is 30.2 Å². The van der Waals surface area contributed by atoms with Crippen LogP contribution in [0.2, 0.25) is 5.02 Å². The molecule has 26 heavy (non-hydrogen) atoms. The van der Waals surface area contributed by atoms with Crippen molar-refractivity contribution in [3.8, 4) is 0 Å². The Hall–Kier alpha value is -2.40. The van der Waals surface area contributed by atoms with Gasteiger partial charge in [0.15, 0.2) is 0 Å². The highest BCUT2D eigenvalue weighted by Gasteiger charge is 2.15. The van der Waals surface area contributed by atoms with Crippen molar-refractivity contribution in [2.45, 2.75) is 32.2 Å². The number of amides is 2. The summed E-state index contributed by atoms with van der Waals surface area (Å²) in [5.74, 6) is -1.08. The van der Waals surface area contributed by atoms with E-state index in [2.05, 4.69) is 17.6 Å². The molecule has 0 aromatic heterocycles. The molecule has 2 N–H and O–H groups in total. The van der Waals surface area contributed by atoms with Gasteiger partial charge in [-0.3, -0.25) is 9.59 Å². The highest BCUT2D eigenvalue weighted by atomic mass is 35.5. The van der Waals surface area contributed by atoms with Crippen LogP contribution < -0.4 is 10.6 Å². The predicted octanol–water partition coefficient (Wildman–Crippen LogP) is 4.26. The van der Waals surface area contributed by atoms with E-state index in [9.17, 15) is 14.0 Å². The smallest absolute Gasteiger partial charge is 0.252 e. The van der Waals surface area contributed by atoms with Crippen molar-refractivity contribution in [2.24, 2.45) is 0 Å². The maximum absolute atomic E-state index is 13.0. The number of carbonyl (C=O) groups excluding carboxylic acids is 2. The van der Waals surface area contributed by atoms with Crippen LogP contribution in [0.1, 0.15) is 48.1 Å². The normalized spacial score (nSPS) is 11.7. The predicted molar refractivity (Wildman–Crippen MR) is 101 cm³/mol. The van der Waals surface area contributed by atoms with Gasteiger partial charge in [0.05, 0.1) is 16.6 Å². The third kappa shape index (κ3) is 5.85. The largest absolute Gasteiger partial charge is 0.351 e. The summed E-state index contributed by atoms with van der Waals surface area (Å²) in [6.07, 6.45) is 1.94. The van der Waals surface area contributed by atoms with Crippen molar-refractivity contribution in [2.75, 3.05) is 6.54 Å². The highest BCUT2D eigenvalue weighted by Crippen LogP contribution is 2.18. The zero-order valence-electron chi connectivity index (χ0n) is 14.6. The zero-order valence-corrected chi connectivity index (χ0v) is 15.4. The van der Waals surface area contributed by atoms with Gasteiger partial charge in [-0.1, -0.05) is 55.3 Å². The maximum atomic E-state index is 13.0. The number of rotatable bonds is 8. The first-order valence-electron chi connectivity index (χ1n) is 8.58. The molecule has 0 aliphatic carbocycles. The molecule has 2 rings (SSSR count). The molecule has 0 bridgehead atoms. The van der Waals surface area contributed by atoms with Gasteiger partial charge in [0.2, 0.25) is 5.91 Å². The molecule has 2 amide bonds. The lowest BCUT2D eigenvalue weighted by atomic mass is 10.0. The molecular formula is C20H22ClFN2O2. The summed E-state index contributed by atoms with van der Waals surface area (Å²) < 4.78 is 13.0. The Balaban J connectivity index is 1.84. The minimum absolute atomic E-state index is 0.0408. The summed E-state index contributed by atoms with van der Waals surface area (Å²) in [4.78, 5) is 24.2. The lowest BCUT2D eigenvalue weighted by molar-refractivity contribution is -0.121. The second-order valence-electron chi connectivity index (χ2n) is 5.95. The van der Waals surface area contributed by atoms with Gasteiger partial charge in [-0.2, -0.15) is 0 Å². The van der Waals surface area contributed by atoms with Crippen molar-refractivity contribution in [1.29, 1.82) is 0 Å². The molecule has 0 radical (unpaired) electrons. The SMILES string of the molecule is CCC[C@@H](NC(=O)CCNC(=O)c1ccc(F)cc1Cl)c1ccccc1. The minimum atomic E-state index is -0.506. The van der Waals surface area contributed by atoms with Crippen LogP contribution in [-0.2, 0) is 4.79 Å². The summed E-state index contributed by atoms with van der Waals surface area (Å²) in [6, 6.07) is 13.3. The summed E-state index contributed by atoms with van der Waals surface area (Å²) in [5.41, 5.74) is 1.24. The van der Waals surface area contributed by atoms with Crippen molar-refractivity contribution < 1.29 is 14.0 Å². The first-order chi connectivity index (χ1) is 12.5. The average molecular weight is 377 g/mol. The lowest BCUT2D eigenvalue weighted by Crippen LogP contribution is -2.33. The summed E-state index contributed by atoms with van der Waals surface area (Å²) >= 11 is 5.86. The molecule has 4 nitrogen and oxygen atoms in total. The van der Waals surface area contributed by atoms with E-state index >= 15 is 0 Å². The van der Waals surface area contributed by atoms with Crippen LogP contribution >= 0.6 is 11.6 Å². The third-order valence-corrected chi connectivity index (χ3v) is 4.24. The fourth-order valence-electron chi connectivity index (χ4n) is 2.62. The molecule has 0 unspecified atom stereocenters. The van der Waals surface area contributed by atoms with E-state index in [1.54, 1.807) is 0 Å². The van der Waals surface area contributed by atoms with E-state index in [1.165, 1.54) is 12.1 Å². The Kier molecular flexibility index (Phi) is 7.60. The van der Waals surface area contributed by atoms with Crippen LogP contribution in [0.5, 0.6) is 0 Å². The Morgan fingerprint density at radius 2 is 1.88 bits per heavy atom. The van der Waals surface area contributed by atoms with Gasteiger partial charge >= 0.3 is 0 Å². The van der Waals surface area contributed by atoms with Crippen LogP contribution in [0.4, 0.5) is 4.39 Å². The van der Waals surface area contributed by atoms with Crippen LogP contribution in [0, 0.1) is 5.82 Å². The van der Waals surface area contributed by atoms with E-state index in [4.69, 9.17) is 11.6 Å². The molecule has 0 spiro atoms. The van der Waals surface area contributed by atoms with E-state index in [0.29, 0.717) is 0 Å². The molecule has 0 aliphatic rings. The Morgan fingerprint density at radius 1 is 1.15 bits per heavy atom. The van der Waals surface area contributed by atoms with Crippen molar-refractivity contribution in [1.82, 2.24) is 10.6 Å². The Morgan fingerprint density at radius 3 is 2.54 bits per heavy atom. The van der Waals surface area contributed by atoms with Crippen LogP contribution in [0.25, 0.3) is 0 Å². The fraction of sp³-hybridized carbons (Fsp3) is 0.300. The van der Waals surface area contributed by atoms with E-state index < -0.39 is 11.7 Å². The first-order valence-corrected chi connectivity index (χ1v) is 8.96. The van der Waals surface area contributed by atoms with Gasteiger partial charge in [-0.15, -0.1) is 0 Å². The number of hydrogen-bond donors (Lipinski definition) is 2. The molecule has 6 heteroatoms. The molecule has 138 valence electrons. The molecule has 0 heterocycles. The third-order valence-electron chi connectivity index (χ3n) is 3.93. The topological polar surface area (TPSA) is 58.2 Å². The number of nitrogens with one attached hydrogen (secondary N) is 2. The van der Waals surface area contributed by atoms with Crippen molar-refractivity contribution in [3.05, 3.63) is 70.5 Å². The zero-order chi connectivity index (χ0) is 18.9. The maximum Gasteiger partial charge on any atom is 0.252 e. The van der Waals surface area contributed by atoms with Crippen molar-refractivity contribution in [3.63, 3.8) is 0 Å². The van der Waals surface area contributed by atoms with Crippen LogP contribution in [-0.4, -0.2) is 18.4 Å². The molecule has 0 saturated heterocycles. The monoisotopic (exact) mass is 376 g/mol. The fourth-order valence-corrected chi connectivity index (χ4v) is 2.87. The van der Waals surface area contributed by atoms with E-state index in [0.717, 1.165) is 24.5 Å². The van der Waals surface area contributed by atoms with Crippen LogP contribution in [0.3, 0.4) is 0 Å². The number of halogens is 2. The summed E-state index contributed by atoms with van der Waals surface area (Å²) in [5, 5.41) is 5.67. The Labute approximate surface area is 157 Å². The van der Waals surface area contributed by atoms with E-state index in [-0.39, 0.29) is 35.5 Å². The van der Waals surface area contributed by atoms with Gasteiger partial charge in [0.1, 0.15) is 5.82 Å². The number of benzene rings is 2. The second-order valence-corrected chi connectivity index (χ2v) is 6.36. The first kappa shape index (κ1) is 19.9. The standard InChI is InChI=1S/C20H22ClFN2O2/c1-2-6-18(14-7-4-3-5-8-14)24-19(25)11-12-23-20(26)16-10-9-15(22)13-17(16)21/h3-5,7-10,13,18H,2,6,11-12H2,1H3,(H,23,26)(H,24,25)/t18-/m1/s1. The quantitative estimate of drug-likeness (QED) is 0.723. The lowest BCUT2D eigenvalue weighted by Gasteiger charge is -2.18. The summed E-state index contributed by atoms with van der Waals surface area (Å²) in [7, 11) is 0. The molecule has 0 fully saturated rings.